The third-order valence-electron chi connectivity index (χ3n) is 4.98. The minimum atomic E-state index is -3.95. The van der Waals surface area contributed by atoms with E-state index in [4.69, 9.17) is 16.0 Å². The monoisotopic (exact) mass is 481 g/mol. The van der Waals surface area contributed by atoms with Gasteiger partial charge in [0.15, 0.2) is 0 Å². The smallest absolute Gasteiger partial charge is 0.262 e. The minimum absolute atomic E-state index is 0.0275. The maximum Gasteiger partial charge on any atom is 0.262 e. The van der Waals surface area contributed by atoms with E-state index in [0.29, 0.717) is 16.6 Å². The molecule has 168 valence electrons. The van der Waals surface area contributed by atoms with Gasteiger partial charge in [-0.3, -0.25) is 14.4 Å². The van der Waals surface area contributed by atoms with Crippen LogP contribution in [0.2, 0.25) is 5.02 Å². The normalized spacial score (nSPS) is 12.2. The molecule has 0 saturated carbocycles. The van der Waals surface area contributed by atoms with Gasteiger partial charge in [-0.2, -0.15) is 0 Å². The number of sulfonamides is 1. The Kier molecular flexibility index (Phi) is 6.48. The zero-order valence-corrected chi connectivity index (χ0v) is 19.1. The Morgan fingerprint density at radius 3 is 2.39 bits per heavy atom. The number of halogens is 1. The number of furan rings is 1. The molecule has 33 heavy (non-hydrogen) atoms. The Morgan fingerprint density at radius 1 is 1.00 bits per heavy atom. The maximum absolute atomic E-state index is 13.8. The summed E-state index contributed by atoms with van der Waals surface area (Å²) in [5, 5.41) is 0.419. The number of carbonyl (C=O) groups excluding carboxylic acids is 1. The van der Waals surface area contributed by atoms with Gasteiger partial charge in [0.2, 0.25) is 0 Å². The highest BCUT2D eigenvalue weighted by Crippen LogP contribution is 2.30. The van der Waals surface area contributed by atoms with Gasteiger partial charge in [-0.15, -0.1) is 0 Å². The van der Waals surface area contributed by atoms with Crippen LogP contribution in [0, 0.1) is 0 Å². The number of para-hydroxylation sites is 1. The molecular weight excluding hydrogens is 462 g/mol. The minimum Gasteiger partial charge on any atom is -0.467 e. The molecular formula is C24H20ClN3O4S. The van der Waals surface area contributed by atoms with Crippen LogP contribution in [0.3, 0.4) is 0 Å². The van der Waals surface area contributed by atoms with Gasteiger partial charge in [-0.1, -0.05) is 29.8 Å². The second-order valence-corrected chi connectivity index (χ2v) is 9.28. The van der Waals surface area contributed by atoms with Crippen molar-refractivity contribution in [3.8, 4) is 0 Å². The summed E-state index contributed by atoms with van der Waals surface area (Å²) in [6.45, 7) is 1.81. The van der Waals surface area contributed by atoms with Crippen molar-refractivity contribution < 1.29 is 17.6 Å². The van der Waals surface area contributed by atoms with Crippen LogP contribution in [0.15, 0.2) is 101 Å². The van der Waals surface area contributed by atoms with E-state index >= 15 is 0 Å². The van der Waals surface area contributed by atoms with Gasteiger partial charge < -0.3 is 4.42 Å². The molecule has 2 aromatic carbocycles. The number of anilines is 2. The average molecular weight is 482 g/mol. The lowest BCUT2D eigenvalue weighted by Gasteiger charge is -2.28. The van der Waals surface area contributed by atoms with E-state index in [0.717, 1.165) is 0 Å². The van der Waals surface area contributed by atoms with Crippen molar-refractivity contribution in [2.75, 3.05) is 9.62 Å². The summed E-state index contributed by atoms with van der Waals surface area (Å²) >= 11 is 5.87. The van der Waals surface area contributed by atoms with Gasteiger partial charge in [-0.05, 0) is 67.6 Å². The zero-order valence-electron chi connectivity index (χ0n) is 17.6. The quantitative estimate of drug-likeness (QED) is 0.374. The summed E-state index contributed by atoms with van der Waals surface area (Å²) in [7, 11) is -3.95. The Bertz CT molecular complexity index is 1340. The predicted molar refractivity (Wildman–Crippen MR) is 127 cm³/mol. The fourth-order valence-electron chi connectivity index (χ4n) is 3.34. The number of nitrogens with zero attached hydrogens (tertiary/aromatic N) is 2. The lowest BCUT2D eigenvalue weighted by Crippen LogP contribution is -2.34. The number of pyridine rings is 1. The molecule has 4 rings (SSSR count). The number of amides is 1. The topological polar surface area (TPSA) is 92.5 Å². The number of hydrogen-bond acceptors (Lipinski definition) is 5. The van der Waals surface area contributed by atoms with Crippen molar-refractivity contribution in [1.82, 2.24) is 4.98 Å². The molecule has 0 bridgehead atoms. The number of rotatable bonds is 7. The number of nitrogens with one attached hydrogen (secondary N) is 1. The SMILES string of the molecule is C[C@@H](c1ccco1)N(C(=O)c1ccccc1NS(=O)(=O)c1ccc(Cl)cc1)c1ccccn1. The van der Waals surface area contributed by atoms with E-state index in [9.17, 15) is 13.2 Å². The molecule has 0 saturated heterocycles. The van der Waals surface area contributed by atoms with E-state index in [1.165, 1.54) is 41.5 Å². The molecule has 2 heterocycles. The number of aromatic nitrogens is 1. The Hall–Kier alpha value is -3.62. The number of carbonyl (C=O) groups is 1. The fourth-order valence-corrected chi connectivity index (χ4v) is 4.54. The van der Waals surface area contributed by atoms with Crippen molar-refractivity contribution in [2.24, 2.45) is 0 Å². The zero-order chi connectivity index (χ0) is 23.4. The van der Waals surface area contributed by atoms with Crippen LogP contribution in [0.1, 0.15) is 29.1 Å². The van der Waals surface area contributed by atoms with E-state index in [1.54, 1.807) is 54.7 Å². The van der Waals surface area contributed by atoms with E-state index in [2.05, 4.69) is 9.71 Å². The molecule has 0 radical (unpaired) electrons. The van der Waals surface area contributed by atoms with E-state index < -0.39 is 22.0 Å². The highest BCUT2D eigenvalue weighted by atomic mass is 35.5. The standard InChI is InChI=1S/C24H20ClN3O4S/c1-17(22-9-6-16-32-22)28(23-10-4-5-15-26-23)24(29)20-7-2-3-8-21(20)27-33(30,31)19-13-11-18(25)12-14-19/h2-17,27H,1H3/t17-/m0/s1. The summed E-state index contributed by atoms with van der Waals surface area (Å²) in [6, 6.07) is 20.4. The second-order valence-electron chi connectivity index (χ2n) is 7.16. The molecule has 4 aromatic rings. The fraction of sp³-hybridized carbons (Fsp3) is 0.0833. The van der Waals surface area contributed by atoms with Crippen LogP contribution in [0.4, 0.5) is 11.5 Å². The van der Waals surface area contributed by atoms with Gasteiger partial charge in [0, 0.05) is 11.2 Å². The van der Waals surface area contributed by atoms with E-state index in [-0.39, 0.29) is 16.1 Å². The maximum atomic E-state index is 13.8. The van der Waals surface area contributed by atoms with Gasteiger partial charge in [0.1, 0.15) is 11.6 Å². The van der Waals surface area contributed by atoms with Crippen LogP contribution < -0.4 is 9.62 Å². The third kappa shape index (κ3) is 4.92. The first-order valence-corrected chi connectivity index (χ1v) is 11.9. The molecule has 9 heteroatoms. The van der Waals surface area contributed by atoms with Crippen molar-refractivity contribution in [3.05, 3.63) is 108 Å². The molecule has 0 spiro atoms. The first kappa shape index (κ1) is 22.6. The van der Waals surface area contributed by atoms with E-state index in [1.807, 2.05) is 6.92 Å². The van der Waals surface area contributed by atoms with Crippen molar-refractivity contribution in [1.29, 1.82) is 0 Å². The summed E-state index contributed by atoms with van der Waals surface area (Å²) in [6.07, 6.45) is 3.11. The van der Waals surface area contributed by atoms with Crippen LogP contribution >= 0.6 is 11.6 Å². The van der Waals surface area contributed by atoms with Crippen LogP contribution in [0.25, 0.3) is 0 Å². The van der Waals surface area contributed by atoms with Gasteiger partial charge in [0.25, 0.3) is 15.9 Å². The summed E-state index contributed by atoms with van der Waals surface area (Å²) < 4.78 is 33.9. The lowest BCUT2D eigenvalue weighted by molar-refractivity contribution is 0.0975. The van der Waals surface area contributed by atoms with Gasteiger partial charge >= 0.3 is 0 Å². The number of benzene rings is 2. The Balaban J connectivity index is 1.73. The van der Waals surface area contributed by atoms with Crippen LogP contribution in [0.5, 0.6) is 0 Å². The lowest BCUT2D eigenvalue weighted by atomic mass is 10.1. The average Bonchev–Trinajstić information content (AvgIpc) is 3.35. The second kappa shape index (κ2) is 9.48. The highest BCUT2D eigenvalue weighted by molar-refractivity contribution is 7.92. The third-order valence-corrected chi connectivity index (χ3v) is 6.62. The van der Waals surface area contributed by atoms with Crippen molar-refractivity contribution >= 4 is 39.0 Å². The largest absolute Gasteiger partial charge is 0.467 e. The highest BCUT2D eigenvalue weighted by Gasteiger charge is 2.29. The molecule has 0 unspecified atom stereocenters. The van der Waals surface area contributed by atoms with Crippen LogP contribution in [-0.4, -0.2) is 19.3 Å². The first-order chi connectivity index (χ1) is 15.9. The molecule has 0 aliphatic rings. The molecule has 7 nitrogen and oxygen atoms in total. The first-order valence-electron chi connectivity index (χ1n) is 10.0. The molecule has 1 amide bonds. The molecule has 0 aliphatic carbocycles. The van der Waals surface area contributed by atoms with Crippen molar-refractivity contribution in [3.63, 3.8) is 0 Å². The van der Waals surface area contributed by atoms with Crippen molar-refractivity contribution in [2.45, 2.75) is 17.9 Å². The molecule has 1 N–H and O–H groups in total. The summed E-state index contributed by atoms with van der Waals surface area (Å²) in [5.41, 5.74) is 0.309. The Labute approximate surface area is 196 Å². The summed E-state index contributed by atoms with van der Waals surface area (Å²) in [5.74, 6) is 0.530. The predicted octanol–water partition coefficient (Wildman–Crippen LogP) is 5.54. The molecule has 0 fully saturated rings. The Morgan fingerprint density at radius 2 is 1.73 bits per heavy atom. The molecule has 1 atom stereocenters. The van der Waals surface area contributed by atoms with Crippen LogP contribution in [-0.2, 0) is 10.0 Å². The summed E-state index contributed by atoms with van der Waals surface area (Å²) in [4.78, 5) is 19.6. The van der Waals surface area contributed by atoms with Gasteiger partial charge in [-0.25, -0.2) is 13.4 Å². The van der Waals surface area contributed by atoms with Gasteiger partial charge in [0.05, 0.1) is 28.5 Å². The number of hydrogen-bond donors (Lipinski definition) is 1. The molecule has 2 aromatic heterocycles. The molecule has 0 aliphatic heterocycles.